The Bertz CT molecular complexity index is 628. The minimum Gasteiger partial charge on any atom is -0.478 e. The summed E-state index contributed by atoms with van der Waals surface area (Å²) in [5.41, 5.74) is 0. The Labute approximate surface area is 189 Å². The zero-order valence-electron chi connectivity index (χ0n) is 19.8. The number of aromatic nitrogens is 1. The second-order valence-corrected chi connectivity index (χ2v) is 9.84. The molecule has 1 heterocycles. The van der Waals surface area contributed by atoms with Gasteiger partial charge in [-0.3, -0.25) is 4.79 Å². The van der Waals surface area contributed by atoms with Crippen LogP contribution in [-0.4, -0.2) is 17.6 Å². The number of carbonyl (C=O) groups is 1. The van der Waals surface area contributed by atoms with Crippen LogP contribution in [0.1, 0.15) is 104 Å². The van der Waals surface area contributed by atoms with Gasteiger partial charge in [-0.25, -0.2) is 4.98 Å². The highest BCUT2D eigenvalue weighted by Crippen LogP contribution is 2.42. The van der Waals surface area contributed by atoms with Gasteiger partial charge in [0.05, 0.1) is 18.7 Å². The Hall–Kier alpha value is -1.58. The van der Waals surface area contributed by atoms with Gasteiger partial charge < -0.3 is 9.47 Å². The molecule has 0 amide bonds. The van der Waals surface area contributed by atoms with Crippen molar-refractivity contribution in [1.82, 2.24) is 4.98 Å². The predicted octanol–water partition coefficient (Wildman–Crippen LogP) is 7.36. The van der Waals surface area contributed by atoms with Crippen LogP contribution in [-0.2, 0) is 4.79 Å². The molecule has 174 valence electrons. The van der Waals surface area contributed by atoms with Crippen LogP contribution in [0.4, 0.5) is 0 Å². The molecule has 1 aromatic rings. The van der Waals surface area contributed by atoms with Crippen LogP contribution in [0.5, 0.6) is 11.6 Å². The Morgan fingerprint density at radius 2 is 1.58 bits per heavy atom. The molecule has 0 aliphatic heterocycles. The molecule has 0 unspecified atom stereocenters. The van der Waals surface area contributed by atoms with Gasteiger partial charge in [-0.1, -0.05) is 58.8 Å². The first kappa shape index (κ1) is 24.1. The minimum absolute atomic E-state index is 0.0436. The molecule has 0 spiro atoms. The van der Waals surface area contributed by atoms with E-state index < -0.39 is 0 Å². The fourth-order valence-corrected chi connectivity index (χ4v) is 5.51. The summed E-state index contributed by atoms with van der Waals surface area (Å²) < 4.78 is 11.3. The highest BCUT2D eigenvalue weighted by Gasteiger charge is 2.33. The lowest BCUT2D eigenvalue weighted by Crippen LogP contribution is -2.30. The maximum Gasteiger partial charge on any atom is 0.314 e. The smallest absolute Gasteiger partial charge is 0.314 e. The average molecular weight is 430 g/mol. The van der Waals surface area contributed by atoms with Gasteiger partial charge in [-0.15, -0.1) is 0 Å². The molecule has 31 heavy (non-hydrogen) atoms. The summed E-state index contributed by atoms with van der Waals surface area (Å²) >= 11 is 0. The van der Waals surface area contributed by atoms with E-state index in [0.717, 1.165) is 43.4 Å². The number of pyridine rings is 1. The second kappa shape index (κ2) is 13.1. The van der Waals surface area contributed by atoms with Crippen molar-refractivity contribution in [2.24, 2.45) is 23.7 Å². The number of hydrogen-bond acceptors (Lipinski definition) is 4. The SMILES string of the molecule is CCCCCOc1ccc(OC(=O)C2CCC(C3CCC(CCCC)CC3)CC2)cn1. The molecule has 2 fully saturated rings. The van der Waals surface area contributed by atoms with Crippen LogP contribution in [0.25, 0.3) is 0 Å². The lowest BCUT2D eigenvalue weighted by atomic mass is 9.68. The molecule has 3 rings (SSSR count). The molecule has 2 aliphatic carbocycles. The van der Waals surface area contributed by atoms with Crippen molar-refractivity contribution in [3.63, 3.8) is 0 Å². The highest BCUT2D eigenvalue weighted by molar-refractivity contribution is 5.75. The van der Waals surface area contributed by atoms with Crippen molar-refractivity contribution < 1.29 is 14.3 Å². The van der Waals surface area contributed by atoms with Gasteiger partial charge in [0.1, 0.15) is 5.75 Å². The van der Waals surface area contributed by atoms with Gasteiger partial charge in [0.2, 0.25) is 5.88 Å². The number of hydrogen-bond donors (Lipinski definition) is 0. The van der Waals surface area contributed by atoms with Crippen LogP contribution in [0, 0.1) is 23.7 Å². The van der Waals surface area contributed by atoms with Gasteiger partial charge in [-0.2, -0.15) is 0 Å². The van der Waals surface area contributed by atoms with Crippen molar-refractivity contribution in [3.8, 4) is 11.6 Å². The molecule has 1 aromatic heterocycles. The summed E-state index contributed by atoms with van der Waals surface area (Å²) in [7, 11) is 0. The van der Waals surface area contributed by atoms with Gasteiger partial charge in [-0.05, 0) is 68.8 Å². The molecule has 4 heteroatoms. The zero-order valence-corrected chi connectivity index (χ0v) is 19.8. The number of nitrogens with zero attached hydrogens (tertiary/aromatic N) is 1. The van der Waals surface area contributed by atoms with Crippen molar-refractivity contribution in [2.75, 3.05) is 6.61 Å². The van der Waals surface area contributed by atoms with Gasteiger partial charge in [0.25, 0.3) is 0 Å². The van der Waals surface area contributed by atoms with E-state index in [4.69, 9.17) is 9.47 Å². The van der Waals surface area contributed by atoms with E-state index in [9.17, 15) is 4.79 Å². The number of carbonyl (C=O) groups excluding carboxylic acids is 1. The fourth-order valence-electron chi connectivity index (χ4n) is 5.51. The van der Waals surface area contributed by atoms with E-state index in [2.05, 4.69) is 18.8 Å². The summed E-state index contributed by atoms with van der Waals surface area (Å²) in [6.07, 6.45) is 19.1. The van der Waals surface area contributed by atoms with Crippen LogP contribution >= 0.6 is 0 Å². The molecule has 0 bridgehead atoms. The third-order valence-corrected chi connectivity index (χ3v) is 7.55. The first-order valence-electron chi connectivity index (χ1n) is 13.0. The molecular formula is C27H43NO3. The third kappa shape index (κ3) is 7.80. The lowest BCUT2D eigenvalue weighted by molar-refractivity contribution is -0.140. The average Bonchev–Trinajstić information content (AvgIpc) is 2.82. The van der Waals surface area contributed by atoms with Gasteiger partial charge >= 0.3 is 5.97 Å². The van der Waals surface area contributed by atoms with Crippen LogP contribution in [0.2, 0.25) is 0 Å². The van der Waals surface area contributed by atoms with Crippen molar-refractivity contribution >= 4 is 5.97 Å². The summed E-state index contributed by atoms with van der Waals surface area (Å²) in [6.45, 7) is 5.15. The molecule has 0 radical (unpaired) electrons. The number of esters is 1. The number of rotatable bonds is 11. The summed E-state index contributed by atoms with van der Waals surface area (Å²) in [5, 5.41) is 0. The Morgan fingerprint density at radius 1 is 0.903 bits per heavy atom. The topological polar surface area (TPSA) is 48.4 Å². The minimum atomic E-state index is -0.0832. The van der Waals surface area contributed by atoms with Gasteiger partial charge in [0, 0.05) is 6.07 Å². The molecular weight excluding hydrogens is 386 g/mol. The van der Waals surface area contributed by atoms with E-state index in [1.165, 1.54) is 64.2 Å². The molecule has 2 aliphatic rings. The van der Waals surface area contributed by atoms with E-state index in [1.54, 1.807) is 18.3 Å². The van der Waals surface area contributed by atoms with Crippen LogP contribution in [0.3, 0.4) is 0 Å². The van der Waals surface area contributed by atoms with E-state index in [0.29, 0.717) is 18.2 Å². The molecule has 0 saturated heterocycles. The maximum atomic E-state index is 12.6. The van der Waals surface area contributed by atoms with Crippen LogP contribution in [0.15, 0.2) is 18.3 Å². The quantitative estimate of drug-likeness (QED) is 0.272. The summed E-state index contributed by atoms with van der Waals surface area (Å²) in [4.78, 5) is 16.9. The third-order valence-electron chi connectivity index (χ3n) is 7.55. The first-order valence-corrected chi connectivity index (χ1v) is 13.0. The largest absolute Gasteiger partial charge is 0.478 e. The summed E-state index contributed by atoms with van der Waals surface area (Å²) in [6, 6.07) is 3.59. The highest BCUT2D eigenvalue weighted by atomic mass is 16.5. The first-order chi connectivity index (χ1) is 15.2. The maximum absolute atomic E-state index is 12.6. The van der Waals surface area contributed by atoms with Crippen molar-refractivity contribution in [1.29, 1.82) is 0 Å². The van der Waals surface area contributed by atoms with Gasteiger partial charge in [0.15, 0.2) is 0 Å². The Morgan fingerprint density at radius 3 is 2.19 bits per heavy atom. The molecule has 4 nitrogen and oxygen atoms in total. The number of unbranched alkanes of at least 4 members (excludes halogenated alkanes) is 3. The standard InChI is InChI=1S/C27H43NO3/c1-3-5-7-19-30-26-18-17-25(20-28-26)31-27(29)24-15-13-23(14-16-24)22-11-9-21(10-12-22)8-6-4-2/h17-18,20-24H,3-16,19H2,1-2H3. The van der Waals surface area contributed by atoms with Crippen molar-refractivity contribution in [2.45, 2.75) is 104 Å². The Balaban J connectivity index is 1.35. The van der Waals surface area contributed by atoms with Crippen molar-refractivity contribution in [3.05, 3.63) is 18.3 Å². The predicted molar refractivity (Wildman–Crippen MR) is 125 cm³/mol. The van der Waals surface area contributed by atoms with Crippen LogP contribution < -0.4 is 9.47 Å². The molecule has 0 atom stereocenters. The molecule has 0 N–H and O–H groups in total. The molecule has 2 saturated carbocycles. The fraction of sp³-hybridized carbons (Fsp3) is 0.778. The van der Waals surface area contributed by atoms with E-state index >= 15 is 0 Å². The monoisotopic (exact) mass is 429 g/mol. The zero-order chi connectivity index (χ0) is 21.9. The molecule has 0 aromatic carbocycles. The van der Waals surface area contributed by atoms with E-state index in [1.807, 2.05) is 0 Å². The lowest BCUT2D eigenvalue weighted by Gasteiger charge is -2.37. The normalized spacial score (nSPS) is 26.4. The number of ether oxygens (including phenoxy) is 2. The van der Waals surface area contributed by atoms with E-state index in [-0.39, 0.29) is 11.9 Å². The Kier molecular flexibility index (Phi) is 10.2. The summed E-state index contributed by atoms with van der Waals surface area (Å²) in [5.74, 6) is 3.77. The second-order valence-electron chi connectivity index (χ2n) is 9.84.